The maximum absolute atomic E-state index is 12.7. The molecule has 4 aromatic rings. The van der Waals surface area contributed by atoms with Crippen molar-refractivity contribution in [2.45, 2.75) is 30.6 Å². The minimum Gasteiger partial charge on any atom is -0.326 e. The fraction of sp³-hybridized carbons (Fsp3) is 0.375. The van der Waals surface area contributed by atoms with E-state index in [1.807, 2.05) is 48.5 Å². The molecule has 3 aromatic carbocycles. The van der Waals surface area contributed by atoms with E-state index in [4.69, 9.17) is 4.98 Å². The Morgan fingerprint density at radius 1 is 0.620 bits per heavy atom. The van der Waals surface area contributed by atoms with E-state index in [1.165, 1.54) is 4.90 Å². The van der Waals surface area contributed by atoms with Gasteiger partial charge < -0.3 is 31.1 Å². The number of benzene rings is 3. The van der Waals surface area contributed by atoms with E-state index in [9.17, 15) is 9.59 Å². The third-order valence-electron chi connectivity index (χ3n) is 9.35. The predicted molar refractivity (Wildman–Crippen MR) is 207 cm³/mol. The van der Waals surface area contributed by atoms with Crippen LogP contribution in [0.4, 0.5) is 11.4 Å². The average molecular weight is 692 g/mol. The number of thioether (sulfide) groups is 1. The van der Waals surface area contributed by atoms with Crippen LogP contribution in [0, 0.1) is 0 Å². The molecular weight excluding hydrogens is 643 g/mol. The first-order chi connectivity index (χ1) is 24.5. The van der Waals surface area contributed by atoms with Gasteiger partial charge in [0.25, 0.3) is 0 Å². The summed E-state index contributed by atoms with van der Waals surface area (Å²) >= 11 is 1.72. The standard InChI is InChI=1S/C40H49N7O2S/c1-50-36-16-10-30(11-17-36)33-28-37(31-6-12-34(13-7-31)43-39(48)4-2-22-46-24-18-41-19-25-46)45-38(29-33)32-8-14-35(15-9-32)44-40(49)5-3-23-47-26-20-42-21-27-47/h6-17,28-29,41-42H,2-5,18-27H2,1H3,(H,43,48)(H,44,49). The highest BCUT2D eigenvalue weighted by atomic mass is 32.2. The zero-order chi connectivity index (χ0) is 34.5. The molecule has 3 heterocycles. The van der Waals surface area contributed by atoms with Gasteiger partial charge >= 0.3 is 0 Å². The van der Waals surface area contributed by atoms with Crippen LogP contribution in [0.5, 0.6) is 0 Å². The van der Waals surface area contributed by atoms with E-state index in [0.29, 0.717) is 12.8 Å². The summed E-state index contributed by atoms with van der Waals surface area (Å²) in [6, 6.07) is 28.7. The molecule has 2 fully saturated rings. The molecule has 0 bridgehead atoms. The molecule has 0 unspecified atom stereocenters. The third kappa shape index (κ3) is 10.5. The van der Waals surface area contributed by atoms with E-state index in [1.54, 1.807) is 11.8 Å². The maximum Gasteiger partial charge on any atom is 0.224 e. The minimum absolute atomic E-state index is 0.0406. The summed E-state index contributed by atoms with van der Waals surface area (Å²) in [5, 5.41) is 12.9. The van der Waals surface area contributed by atoms with Gasteiger partial charge in [0.05, 0.1) is 11.4 Å². The van der Waals surface area contributed by atoms with Gasteiger partial charge in [-0.3, -0.25) is 9.59 Å². The monoisotopic (exact) mass is 691 g/mol. The molecule has 2 aliphatic rings. The molecule has 1 aromatic heterocycles. The highest BCUT2D eigenvalue weighted by Gasteiger charge is 2.13. The minimum atomic E-state index is 0.0406. The number of rotatable bonds is 14. The molecule has 0 atom stereocenters. The van der Waals surface area contributed by atoms with Crippen molar-refractivity contribution in [1.82, 2.24) is 25.4 Å². The van der Waals surface area contributed by atoms with Crippen molar-refractivity contribution in [2.75, 3.05) is 82.3 Å². The lowest BCUT2D eigenvalue weighted by Gasteiger charge is -2.26. The molecule has 0 spiro atoms. The summed E-state index contributed by atoms with van der Waals surface area (Å²) in [4.78, 5) is 36.5. The number of piperazine rings is 2. The highest BCUT2D eigenvalue weighted by molar-refractivity contribution is 7.98. The lowest BCUT2D eigenvalue weighted by molar-refractivity contribution is -0.117. The number of nitrogens with one attached hydrogen (secondary N) is 4. The predicted octanol–water partition coefficient (Wildman–Crippen LogP) is 6.05. The van der Waals surface area contributed by atoms with E-state index in [2.05, 4.69) is 73.7 Å². The summed E-state index contributed by atoms with van der Waals surface area (Å²) in [6.07, 6.45) is 4.80. The van der Waals surface area contributed by atoms with E-state index in [0.717, 1.165) is 123 Å². The first-order valence-electron chi connectivity index (χ1n) is 17.9. The maximum atomic E-state index is 12.7. The largest absolute Gasteiger partial charge is 0.326 e. The number of carbonyl (C=O) groups is 2. The summed E-state index contributed by atoms with van der Waals surface area (Å²) < 4.78 is 0. The van der Waals surface area contributed by atoms with Gasteiger partial charge in [-0.15, -0.1) is 11.8 Å². The summed E-state index contributed by atoms with van der Waals surface area (Å²) in [5.74, 6) is 0.0812. The second-order valence-electron chi connectivity index (χ2n) is 13.0. The van der Waals surface area contributed by atoms with Gasteiger partial charge in [-0.1, -0.05) is 36.4 Å². The van der Waals surface area contributed by atoms with Crippen molar-refractivity contribution in [3.8, 4) is 33.6 Å². The molecule has 0 saturated carbocycles. The number of hydrogen-bond donors (Lipinski definition) is 4. The fourth-order valence-electron chi connectivity index (χ4n) is 6.47. The molecule has 6 rings (SSSR count). The normalized spacial score (nSPS) is 15.5. The van der Waals surface area contributed by atoms with Crippen LogP contribution < -0.4 is 21.3 Å². The first kappa shape index (κ1) is 35.8. The number of amides is 2. The Morgan fingerprint density at radius 2 is 1.04 bits per heavy atom. The van der Waals surface area contributed by atoms with Crippen LogP contribution in [0.25, 0.3) is 33.6 Å². The van der Waals surface area contributed by atoms with Gasteiger partial charge in [0.1, 0.15) is 0 Å². The van der Waals surface area contributed by atoms with Crippen LogP contribution in [0.2, 0.25) is 0 Å². The van der Waals surface area contributed by atoms with Gasteiger partial charge in [-0.05, 0) is 91.8 Å². The van der Waals surface area contributed by atoms with Crippen LogP contribution in [-0.2, 0) is 9.59 Å². The zero-order valence-corrected chi connectivity index (χ0v) is 29.9. The van der Waals surface area contributed by atoms with Crippen LogP contribution in [0.3, 0.4) is 0 Å². The quantitative estimate of drug-likeness (QED) is 0.119. The number of pyridine rings is 1. The van der Waals surface area contributed by atoms with Gasteiger partial charge in [0.15, 0.2) is 0 Å². The average Bonchev–Trinajstić information content (AvgIpc) is 3.16. The molecule has 262 valence electrons. The molecule has 2 amide bonds. The summed E-state index contributed by atoms with van der Waals surface area (Å²) in [6.45, 7) is 10.2. The number of hydrogen-bond acceptors (Lipinski definition) is 8. The topological polar surface area (TPSA) is 102 Å². The second-order valence-corrected chi connectivity index (χ2v) is 13.9. The molecule has 2 aliphatic heterocycles. The van der Waals surface area contributed by atoms with Crippen molar-refractivity contribution in [2.24, 2.45) is 0 Å². The molecule has 50 heavy (non-hydrogen) atoms. The Balaban J connectivity index is 1.12. The van der Waals surface area contributed by atoms with Crippen molar-refractivity contribution < 1.29 is 9.59 Å². The van der Waals surface area contributed by atoms with Crippen LogP contribution in [-0.4, -0.2) is 98.3 Å². The lowest BCUT2D eigenvalue weighted by atomic mass is 10.00. The fourth-order valence-corrected chi connectivity index (χ4v) is 6.88. The molecule has 2 saturated heterocycles. The third-order valence-corrected chi connectivity index (χ3v) is 10.1. The molecule has 10 heteroatoms. The Bertz CT molecular complexity index is 1590. The van der Waals surface area contributed by atoms with Crippen molar-refractivity contribution >= 4 is 35.0 Å². The van der Waals surface area contributed by atoms with E-state index in [-0.39, 0.29) is 11.8 Å². The van der Waals surface area contributed by atoms with Crippen molar-refractivity contribution in [1.29, 1.82) is 0 Å². The van der Waals surface area contributed by atoms with Gasteiger partial charge in [0.2, 0.25) is 11.8 Å². The number of nitrogens with zero attached hydrogens (tertiary/aromatic N) is 3. The number of anilines is 2. The molecular formula is C40H49N7O2S. The SMILES string of the molecule is CSc1ccc(-c2cc(-c3ccc(NC(=O)CCCN4CCNCC4)cc3)nc(-c3ccc(NC(=O)CCCN4CCNCC4)cc3)c2)cc1. The number of carbonyl (C=O) groups excluding carboxylic acids is 2. The van der Waals surface area contributed by atoms with E-state index >= 15 is 0 Å². The Labute approximate surface area is 300 Å². The Hall–Kier alpha value is -4.06. The lowest BCUT2D eigenvalue weighted by Crippen LogP contribution is -2.43. The van der Waals surface area contributed by atoms with Gasteiger partial charge in [-0.25, -0.2) is 4.98 Å². The van der Waals surface area contributed by atoms with Gasteiger partial charge in [0, 0.05) is 92.6 Å². The summed E-state index contributed by atoms with van der Waals surface area (Å²) in [7, 11) is 0. The van der Waals surface area contributed by atoms with Crippen LogP contribution >= 0.6 is 11.8 Å². The van der Waals surface area contributed by atoms with Crippen molar-refractivity contribution in [3.63, 3.8) is 0 Å². The molecule has 0 aliphatic carbocycles. The first-order valence-corrected chi connectivity index (χ1v) is 19.1. The van der Waals surface area contributed by atoms with Crippen molar-refractivity contribution in [3.05, 3.63) is 84.9 Å². The van der Waals surface area contributed by atoms with Crippen LogP contribution in [0.15, 0.2) is 89.8 Å². The zero-order valence-electron chi connectivity index (χ0n) is 29.0. The van der Waals surface area contributed by atoms with E-state index < -0.39 is 0 Å². The Morgan fingerprint density at radius 3 is 1.46 bits per heavy atom. The van der Waals surface area contributed by atoms with Crippen LogP contribution in [0.1, 0.15) is 25.7 Å². The molecule has 9 nitrogen and oxygen atoms in total. The highest BCUT2D eigenvalue weighted by Crippen LogP contribution is 2.32. The van der Waals surface area contributed by atoms with Gasteiger partial charge in [-0.2, -0.15) is 0 Å². The molecule has 0 radical (unpaired) electrons. The number of aromatic nitrogens is 1. The second kappa shape index (κ2) is 18.3. The summed E-state index contributed by atoms with van der Waals surface area (Å²) in [5.41, 5.74) is 7.39. The Kier molecular flexibility index (Phi) is 13.1. The molecule has 4 N–H and O–H groups in total. The smallest absolute Gasteiger partial charge is 0.224 e.